The van der Waals surface area contributed by atoms with Gasteiger partial charge in [0.1, 0.15) is 0 Å². The van der Waals surface area contributed by atoms with Gasteiger partial charge in [-0.1, -0.05) is 0 Å². The van der Waals surface area contributed by atoms with Crippen LogP contribution in [0.1, 0.15) is 17.7 Å². The van der Waals surface area contributed by atoms with Gasteiger partial charge < -0.3 is 20.5 Å². The molecule has 1 fully saturated rings. The summed E-state index contributed by atoms with van der Waals surface area (Å²) in [4.78, 5) is 27.1. The monoisotopic (exact) mass is 285 g/mol. The van der Waals surface area contributed by atoms with Crippen molar-refractivity contribution in [2.24, 2.45) is 0 Å². The second kappa shape index (κ2) is 6.48. The van der Waals surface area contributed by atoms with Gasteiger partial charge in [-0.3, -0.25) is 4.98 Å². The largest absolute Gasteiger partial charge is 0.479 e. The molecule has 1 saturated heterocycles. The molecule has 0 radical (unpaired) electrons. The van der Waals surface area contributed by atoms with Gasteiger partial charge in [-0.15, -0.1) is 11.3 Å². The molecular formula is C11H15N3O4S. The zero-order valence-electron chi connectivity index (χ0n) is 10.2. The quantitative estimate of drug-likeness (QED) is 0.734. The normalized spacial score (nSPS) is 22.1. The first-order valence-electron chi connectivity index (χ1n) is 5.92. The second-order valence-corrected chi connectivity index (χ2v) is 5.16. The third kappa shape index (κ3) is 4.18. The maximum atomic E-state index is 11.5. The third-order valence-electron chi connectivity index (χ3n) is 2.78. The van der Waals surface area contributed by atoms with Crippen LogP contribution >= 0.6 is 11.3 Å². The van der Waals surface area contributed by atoms with E-state index >= 15 is 0 Å². The van der Waals surface area contributed by atoms with E-state index < -0.39 is 12.1 Å². The van der Waals surface area contributed by atoms with Crippen LogP contribution in [0.15, 0.2) is 11.7 Å². The van der Waals surface area contributed by atoms with Gasteiger partial charge >= 0.3 is 12.0 Å². The van der Waals surface area contributed by atoms with Crippen molar-refractivity contribution in [3.8, 4) is 0 Å². The fourth-order valence-corrected chi connectivity index (χ4v) is 2.34. The Hall–Kier alpha value is -1.67. The molecule has 8 heteroatoms. The van der Waals surface area contributed by atoms with E-state index in [1.54, 1.807) is 11.7 Å². The topological polar surface area (TPSA) is 101 Å². The summed E-state index contributed by atoms with van der Waals surface area (Å²) in [5, 5.41) is 14.1. The molecule has 0 aliphatic carbocycles. The van der Waals surface area contributed by atoms with Crippen molar-refractivity contribution < 1.29 is 19.4 Å². The van der Waals surface area contributed by atoms with Gasteiger partial charge in [-0.05, 0) is 12.8 Å². The van der Waals surface area contributed by atoms with E-state index in [1.807, 2.05) is 0 Å². The number of hydrogen-bond donors (Lipinski definition) is 3. The molecule has 0 spiro atoms. The first-order chi connectivity index (χ1) is 9.15. The fourth-order valence-electron chi connectivity index (χ4n) is 1.80. The van der Waals surface area contributed by atoms with Gasteiger partial charge in [0.15, 0.2) is 6.10 Å². The number of rotatable bonds is 5. The molecule has 2 atom stereocenters. The lowest BCUT2D eigenvalue weighted by Crippen LogP contribution is -2.39. The Balaban J connectivity index is 1.63. The Labute approximate surface area is 114 Å². The van der Waals surface area contributed by atoms with E-state index in [1.165, 1.54) is 11.3 Å². The van der Waals surface area contributed by atoms with Gasteiger partial charge in [0.2, 0.25) is 0 Å². The molecule has 0 saturated carbocycles. The minimum absolute atomic E-state index is 0.227. The summed E-state index contributed by atoms with van der Waals surface area (Å²) in [6.07, 6.45) is 1.86. The number of aliphatic carboxylic acids is 1. The number of carbonyl (C=O) groups excluding carboxylic acids is 1. The molecule has 104 valence electrons. The van der Waals surface area contributed by atoms with Gasteiger partial charge in [0, 0.05) is 17.6 Å². The molecule has 0 bridgehead atoms. The van der Waals surface area contributed by atoms with E-state index in [9.17, 15) is 9.59 Å². The summed E-state index contributed by atoms with van der Waals surface area (Å²) < 4.78 is 5.27. The highest BCUT2D eigenvalue weighted by Gasteiger charge is 2.30. The molecule has 2 heterocycles. The first-order valence-corrected chi connectivity index (χ1v) is 6.80. The van der Waals surface area contributed by atoms with Crippen LogP contribution in [0.4, 0.5) is 4.79 Å². The molecule has 1 aromatic rings. The maximum absolute atomic E-state index is 11.5. The summed E-state index contributed by atoms with van der Waals surface area (Å²) in [6.45, 7) is 0.748. The highest BCUT2D eigenvalue weighted by atomic mass is 32.1. The number of carbonyl (C=O) groups is 2. The van der Waals surface area contributed by atoms with Crippen LogP contribution in [-0.2, 0) is 16.1 Å². The van der Waals surface area contributed by atoms with Gasteiger partial charge in [-0.25, -0.2) is 9.59 Å². The number of carboxylic acids is 1. The molecule has 1 aromatic heterocycles. The molecule has 3 N–H and O–H groups in total. The van der Waals surface area contributed by atoms with E-state index in [0.717, 1.165) is 4.88 Å². The van der Waals surface area contributed by atoms with Crippen molar-refractivity contribution >= 4 is 23.3 Å². The summed E-state index contributed by atoms with van der Waals surface area (Å²) in [5.41, 5.74) is 1.70. The Bertz CT molecular complexity index is 437. The Morgan fingerprint density at radius 3 is 2.95 bits per heavy atom. The summed E-state index contributed by atoms with van der Waals surface area (Å²) in [7, 11) is 0. The average Bonchev–Trinajstić information content (AvgIpc) is 3.05. The van der Waals surface area contributed by atoms with Crippen LogP contribution in [0.3, 0.4) is 0 Å². The molecular weight excluding hydrogens is 270 g/mol. The highest BCUT2D eigenvalue weighted by molar-refractivity contribution is 7.09. The fraction of sp³-hybridized carbons (Fsp3) is 0.545. The van der Waals surface area contributed by atoms with Crippen molar-refractivity contribution in [2.45, 2.75) is 31.6 Å². The standard InChI is InChI=1S/C11H15N3O4S/c15-10(16)9-2-1-7(18-9)3-13-11(17)14-5-8-4-12-6-19-8/h4,6-7,9H,1-3,5H2,(H,15,16)(H2,13,14,17). The Morgan fingerprint density at radius 1 is 1.47 bits per heavy atom. The Morgan fingerprint density at radius 2 is 2.32 bits per heavy atom. The second-order valence-electron chi connectivity index (χ2n) is 4.19. The number of carboxylic acid groups (broad SMARTS) is 1. The molecule has 0 aromatic carbocycles. The van der Waals surface area contributed by atoms with Crippen LogP contribution in [0.25, 0.3) is 0 Å². The predicted octanol–water partition coefficient (Wildman–Crippen LogP) is 0.575. The van der Waals surface area contributed by atoms with E-state index in [4.69, 9.17) is 9.84 Å². The lowest BCUT2D eigenvalue weighted by molar-refractivity contribution is -0.149. The van der Waals surface area contributed by atoms with Crippen molar-refractivity contribution in [1.82, 2.24) is 15.6 Å². The SMILES string of the molecule is O=C(NCc1cncs1)NCC1CCC(C(=O)O)O1. The van der Waals surface area contributed by atoms with Crippen LogP contribution in [0.2, 0.25) is 0 Å². The number of ether oxygens (including phenoxy) is 1. The van der Waals surface area contributed by atoms with E-state index in [-0.39, 0.29) is 12.1 Å². The minimum atomic E-state index is -0.947. The summed E-state index contributed by atoms with van der Waals surface area (Å²) in [5.74, 6) is -0.947. The van der Waals surface area contributed by atoms with Gasteiger partial charge in [0.05, 0.1) is 18.2 Å². The highest BCUT2D eigenvalue weighted by Crippen LogP contribution is 2.19. The number of aromatic nitrogens is 1. The molecule has 19 heavy (non-hydrogen) atoms. The zero-order chi connectivity index (χ0) is 13.7. The number of amides is 2. The summed E-state index contributed by atoms with van der Waals surface area (Å²) in [6, 6.07) is -0.296. The number of urea groups is 1. The first kappa shape index (κ1) is 13.8. The van der Waals surface area contributed by atoms with Crippen LogP contribution < -0.4 is 10.6 Å². The average molecular weight is 285 g/mol. The zero-order valence-corrected chi connectivity index (χ0v) is 11.0. The molecule has 1 aliphatic heterocycles. The lowest BCUT2D eigenvalue weighted by atomic mass is 10.2. The number of nitrogens with zero attached hydrogens (tertiary/aromatic N) is 1. The molecule has 1 aliphatic rings. The van der Waals surface area contributed by atoms with E-state index in [0.29, 0.717) is 25.9 Å². The maximum Gasteiger partial charge on any atom is 0.332 e. The van der Waals surface area contributed by atoms with Crippen LogP contribution in [0, 0.1) is 0 Å². The Kier molecular flexibility index (Phi) is 4.69. The summed E-state index contributed by atoms with van der Waals surface area (Å²) >= 11 is 1.47. The molecule has 2 amide bonds. The van der Waals surface area contributed by atoms with Gasteiger partial charge in [0.25, 0.3) is 0 Å². The van der Waals surface area contributed by atoms with E-state index in [2.05, 4.69) is 15.6 Å². The van der Waals surface area contributed by atoms with Crippen molar-refractivity contribution in [2.75, 3.05) is 6.54 Å². The number of nitrogens with one attached hydrogen (secondary N) is 2. The lowest BCUT2D eigenvalue weighted by Gasteiger charge is -2.12. The van der Waals surface area contributed by atoms with Crippen molar-refractivity contribution in [1.29, 1.82) is 0 Å². The number of hydrogen-bond acceptors (Lipinski definition) is 5. The minimum Gasteiger partial charge on any atom is -0.479 e. The van der Waals surface area contributed by atoms with Gasteiger partial charge in [-0.2, -0.15) is 0 Å². The molecule has 7 nitrogen and oxygen atoms in total. The predicted molar refractivity (Wildman–Crippen MR) is 67.9 cm³/mol. The smallest absolute Gasteiger partial charge is 0.332 e. The van der Waals surface area contributed by atoms with Crippen molar-refractivity contribution in [3.63, 3.8) is 0 Å². The number of thiazole rings is 1. The third-order valence-corrected chi connectivity index (χ3v) is 3.56. The molecule has 2 rings (SSSR count). The van der Waals surface area contributed by atoms with Crippen LogP contribution in [-0.4, -0.2) is 40.8 Å². The molecule has 2 unspecified atom stereocenters. The van der Waals surface area contributed by atoms with Crippen LogP contribution in [0.5, 0.6) is 0 Å². The van der Waals surface area contributed by atoms with Crippen molar-refractivity contribution in [3.05, 3.63) is 16.6 Å².